The van der Waals surface area contributed by atoms with E-state index in [4.69, 9.17) is 11.6 Å². The first-order chi connectivity index (χ1) is 8.77. The minimum Gasteiger partial charge on any atom is -0.388 e. The molecule has 1 saturated heterocycles. The predicted octanol–water partition coefficient (Wildman–Crippen LogP) is 2.85. The molecule has 4 heteroatoms. The van der Waals surface area contributed by atoms with Crippen LogP contribution in [0.25, 0.3) is 10.9 Å². The minimum atomic E-state index is -0.452. The number of aliphatic hydroxyl groups is 1. The van der Waals surface area contributed by atoms with Crippen molar-refractivity contribution in [3.63, 3.8) is 0 Å². The summed E-state index contributed by atoms with van der Waals surface area (Å²) < 4.78 is 0. The summed E-state index contributed by atoms with van der Waals surface area (Å²) in [5.74, 6) is 0.272. The van der Waals surface area contributed by atoms with Crippen LogP contribution < -0.4 is 5.32 Å². The summed E-state index contributed by atoms with van der Waals surface area (Å²) in [6.07, 6.45) is 3.62. The fourth-order valence-corrected chi connectivity index (χ4v) is 3.08. The van der Waals surface area contributed by atoms with E-state index >= 15 is 0 Å². The quantitative estimate of drug-likeness (QED) is 0.781. The lowest BCUT2D eigenvalue weighted by molar-refractivity contribution is 0.0934. The molecular formula is C14H17ClN2O. The number of aliphatic hydroxyl groups excluding tert-OH is 1. The molecule has 0 bridgehead atoms. The second-order valence-electron chi connectivity index (χ2n) is 4.96. The number of aromatic nitrogens is 1. The Morgan fingerprint density at radius 3 is 3.06 bits per heavy atom. The number of benzene rings is 1. The van der Waals surface area contributed by atoms with Gasteiger partial charge in [0, 0.05) is 35.1 Å². The van der Waals surface area contributed by atoms with E-state index in [9.17, 15) is 5.11 Å². The highest BCUT2D eigenvalue weighted by molar-refractivity contribution is 6.35. The molecule has 1 fully saturated rings. The molecule has 2 aromatic rings. The van der Waals surface area contributed by atoms with E-state index in [1.807, 2.05) is 24.4 Å². The van der Waals surface area contributed by atoms with E-state index in [0.29, 0.717) is 5.02 Å². The molecule has 3 nitrogen and oxygen atoms in total. The molecule has 1 aliphatic heterocycles. The van der Waals surface area contributed by atoms with Crippen LogP contribution >= 0.6 is 11.6 Å². The summed E-state index contributed by atoms with van der Waals surface area (Å²) in [6, 6.07) is 5.77. The molecule has 3 rings (SSSR count). The zero-order valence-electron chi connectivity index (χ0n) is 10.1. The predicted molar refractivity (Wildman–Crippen MR) is 73.9 cm³/mol. The molecule has 96 valence electrons. The first kappa shape index (κ1) is 12.0. The van der Waals surface area contributed by atoms with Crippen LogP contribution in [-0.2, 0) is 0 Å². The van der Waals surface area contributed by atoms with E-state index in [-0.39, 0.29) is 5.92 Å². The molecule has 1 aromatic heterocycles. The topological polar surface area (TPSA) is 48.0 Å². The first-order valence-electron chi connectivity index (χ1n) is 6.41. The normalized spacial score (nSPS) is 22.2. The van der Waals surface area contributed by atoms with Gasteiger partial charge >= 0.3 is 0 Å². The maximum absolute atomic E-state index is 10.5. The van der Waals surface area contributed by atoms with Gasteiger partial charge in [-0.3, -0.25) is 0 Å². The van der Waals surface area contributed by atoms with Crippen molar-refractivity contribution in [1.29, 1.82) is 0 Å². The third kappa shape index (κ3) is 2.03. The third-order valence-electron chi connectivity index (χ3n) is 3.79. The van der Waals surface area contributed by atoms with E-state index in [0.717, 1.165) is 42.4 Å². The highest BCUT2D eigenvalue weighted by Crippen LogP contribution is 2.35. The van der Waals surface area contributed by atoms with Crippen molar-refractivity contribution in [2.24, 2.45) is 5.92 Å². The van der Waals surface area contributed by atoms with Gasteiger partial charge in [-0.1, -0.05) is 17.7 Å². The van der Waals surface area contributed by atoms with Crippen LogP contribution in [0.1, 0.15) is 24.5 Å². The monoisotopic (exact) mass is 264 g/mol. The Morgan fingerprint density at radius 1 is 1.39 bits per heavy atom. The summed E-state index contributed by atoms with van der Waals surface area (Å²) in [4.78, 5) is 3.18. The lowest BCUT2D eigenvalue weighted by Crippen LogP contribution is -2.33. The van der Waals surface area contributed by atoms with Crippen molar-refractivity contribution in [3.05, 3.63) is 35.0 Å². The average molecular weight is 265 g/mol. The van der Waals surface area contributed by atoms with Gasteiger partial charge in [0.25, 0.3) is 0 Å². The van der Waals surface area contributed by atoms with Crippen molar-refractivity contribution in [3.8, 4) is 0 Å². The fraction of sp³-hybridized carbons (Fsp3) is 0.429. The number of halogens is 1. The van der Waals surface area contributed by atoms with Gasteiger partial charge < -0.3 is 15.4 Å². The van der Waals surface area contributed by atoms with Crippen molar-refractivity contribution in [2.75, 3.05) is 13.1 Å². The Bertz CT molecular complexity index is 546. The average Bonchev–Trinajstić information content (AvgIpc) is 2.84. The summed E-state index contributed by atoms with van der Waals surface area (Å²) in [5, 5.41) is 15.5. The summed E-state index contributed by atoms with van der Waals surface area (Å²) in [6.45, 7) is 1.93. The van der Waals surface area contributed by atoms with Crippen LogP contribution in [0, 0.1) is 5.92 Å². The molecule has 0 aliphatic carbocycles. The zero-order chi connectivity index (χ0) is 12.5. The number of rotatable bonds is 2. The highest BCUT2D eigenvalue weighted by Gasteiger charge is 2.25. The standard InChI is InChI=1S/C14H17ClN2O/c15-11-4-1-5-12-13(11)10(8-17-12)14(18)9-3-2-6-16-7-9/h1,4-5,8-9,14,16-18H,2-3,6-7H2. The van der Waals surface area contributed by atoms with Crippen LogP contribution in [0.15, 0.2) is 24.4 Å². The zero-order valence-corrected chi connectivity index (χ0v) is 10.9. The Kier molecular flexibility index (Phi) is 3.29. The summed E-state index contributed by atoms with van der Waals surface area (Å²) in [5.41, 5.74) is 1.91. The number of hydrogen-bond donors (Lipinski definition) is 3. The van der Waals surface area contributed by atoms with Gasteiger partial charge in [0.05, 0.1) is 11.1 Å². The SMILES string of the molecule is OC(c1c[nH]c2cccc(Cl)c12)C1CCCNC1. The molecule has 2 unspecified atom stereocenters. The molecule has 3 N–H and O–H groups in total. The van der Waals surface area contributed by atoms with E-state index in [2.05, 4.69) is 10.3 Å². The van der Waals surface area contributed by atoms with Crippen LogP contribution in [0.4, 0.5) is 0 Å². The number of H-pyrrole nitrogens is 1. The smallest absolute Gasteiger partial charge is 0.0851 e. The number of hydrogen-bond acceptors (Lipinski definition) is 2. The van der Waals surface area contributed by atoms with Crippen LogP contribution in [0.5, 0.6) is 0 Å². The Balaban J connectivity index is 1.98. The van der Waals surface area contributed by atoms with E-state index in [1.165, 1.54) is 0 Å². The molecular weight excluding hydrogens is 248 g/mol. The Labute approximate surface area is 111 Å². The van der Waals surface area contributed by atoms with Crippen LogP contribution in [-0.4, -0.2) is 23.2 Å². The van der Waals surface area contributed by atoms with Gasteiger partial charge in [0.15, 0.2) is 0 Å². The second kappa shape index (κ2) is 4.92. The van der Waals surface area contributed by atoms with Crippen molar-refractivity contribution in [2.45, 2.75) is 18.9 Å². The Morgan fingerprint density at radius 2 is 2.28 bits per heavy atom. The number of aromatic amines is 1. The molecule has 0 amide bonds. The van der Waals surface area contributed by atoms with Gasteiger partial charge in [-0.25, -0.2) is 0 Å². The molecule has 18 heavy (non-hydrogen) atoms. The Hall–Kier alpha value is -1.03. The van der Waals surface area contributed by atoms with Crippen molar-refractivity contribution < 1.29 is 5.11 Å². The van der Waals surface area contributed by atoms with Crippen LogP contribution in [0.3, 0.4) is 0 Å². The van der Waals surface area contributed by atoms with Crippen molar-refractivity contribution >= 4 is 22.5 Å². The maximum atomic E-state index is 10.5. The molecule has 1 aliphatic rings. The van der Waals surface area contributed by atoms with Gasteiger partial charge in [-0.15, -0.1) is 0 Å². The molecule has 2 heterocycles. The molecule has 2 atom stereocenters. The molecule has 1 aromatic carbocycles. The van der Waals surface area contributed by atoms with E-state index in [1.54, 1.807) is 0 Å². The number of nitrogens with one attached hydrogen (secondary N) is 2. The van der Waals surface area contributed by atoms with Gasteiger partial charge in [-0.2, -0.15) is 0 Å². The summed E-state index contributed by atoms with van der Waals surface area (Å²) in [7, 11) is 0. The van der Waals surface area contributed by atoms with Gasteiger partial charge in [0.2, 0.25) is 0 Å². The second-order valence-corrected chi connectivity index (χ2v) is 5.36. The maximum Gasteiger partial charge on any atom is 0.0851 e. The summed E-state index contributed by atoms with van der Waals surface area (Å²) >= 11 is 6.24. The van der Waals surface area contributed by atoms with Gasteiger partial charge in [0.1, 0.15) is 0 Å². The number of piperidine rings is 1. The highest BCUT2D eigenvalue weighted by atomic mass is 35.5. The van der Waals surface area contributed by atoms with Crippen molar-refractivity contribution in [1.82, 2.24) is 10.3 Å². The third-order valence-corrected chi connectivity index (χ3v) is 4.10. The van der Waals surface area contributed by atoms with Gasteiger partial charge in [-0.05, 0) is 31.5 Å². The lowest BCUT2D eigenvalue weighted by atomic mass is 9.89. The fourth-order valence-electron chi connectivity index (χ4n) is 2.80. The number of fused-ring (bicyclic) bond motifs is 1. The largest absolute Gasteiger partial charge is 0.388 e. The van der Waals surface area contributed by atoms with Crippen LogP contribution in [0.2, 0.25) is 5.02 Å². The first-order valence-corrected chi connectivity index (χ1v) is 6.79. The molecule has 0 spiro atoms. The lowest BCUT2D eigenvalue weighted by Gasteiger charge is -2.27. The minimum absolute atomic E-state index is 0.272. The van der Waals surface area contributed by atoms with E-state index < -0.39 is 6.10 Å². The molecule has 0 radical (unpaired) electrons. The molecule has 0 saturated carbocycles.